The second-order valence-electron chi connectivity index (χ2n) is 4.54. The third-order valence-electron chi connectivity index (χ3n) is 3.04. The van der Waals surface area contributed by atoms with E-state index in [1.54, 1.807) is 25.1 Å². The molecule has 2 aromatic rings. The van der Waals surface area contributed by atoms with Crippen LogP contribution in [-0.2, 0) is 6.42 Å². The minimum Gasteiger partial charge on any atom is -0.324 e. The van der Waals surface area contributed by atoms with Crippen molar-refractivity contribution in [1.82, 2.24) is 0 Å². The summed E-state index contributed by atoms with van der Waals surface area (Å²) in [5, 5.41) is 0.308. The van der Waals surface area contributed by atoms with E-state index in [2.05, 4.69) is 0 Å². The standard InChI is InChI=1S/C15H14ClF2N/c1-9-5-6-10(14(18)7-9)15(19)8-11-12(16)3-2-4-13(11)17/h2-7,15H,8,19H2,1H3. The highest BCUT2D eigenvalue weighted by atomic mass is 35.5. The van der Waals surface area contributed by atoms with Gasteiger partial charge in [0.05, 0.1) is 0 Å². The molecular formula is C15H14ClF2N. The van der Waals surface area contributed by atoms with Gasteiger partial charge in [0.15, 0.2) is 0 Å². The highest BCUT2D eigenvalue weighted by Crippen LogP contribution is 2.26. The Hall–Kier alpha value is -1.45. The molecule has 2 rings (SSSR count). The second-order valence-corrected chi connectivity index (χ2v) is 4.94. The van der Waals surface area contributed by atoms with Gasteiger partial charge in [-0.25, -0.2) is 8.78 Å². The zero-order chi connectivity index (χ0) is 14.0. The van der Waals surface area contributed by atoms with E-state index >= 15 is 0 Å². The average molecular weight is 282 g/mol. The SMILES string of the molecule is Cc1ccc(C(N)Cc2c(F)cccc2Cl)c(F)c1. The smallest absolute Gasteiger partial charge is 0.128 e. The maximum atomic E-state index is 13.8. The largest absolute Gasteiger partial charge is 0.324 e. The lowest BCUT2D eigenvalue weighted by Gasteiger charge is -2.15. The summed E-state index contributed by atoms with van der Waals surface area (Å²) < 4.78 is 27.5. The van der Waals surface area contributed by atoms with E-state index in [1.165, 1.54) is 18.2 Å². The van der Waals surface area contributed by atoms with Crippen LogP contribution in [0, 0.1) is 18.6 Å². The molecule has 100 valence electrons. The number of benzene rings is 2. The lowest BCUT2D eigenvalue weighted by molar-refractivity contribution is 0.563. The summed E-state index contributed by atoms with van der Waals surface area (Å²) in [7, 11) is 0. The Bertz CT molecular complexity index is 578. The van der Waals surface area contributed by atoms with Gasteiger partial charge in [-0.15, -0.1) is 0 Å². The first kappa shape index (κ1) is 14.0. The van der Waals surface area contributed by atoms with Crippen LogP contribution in [0.3, 0.4) is 0 Å². The molecule has 0 saturated heterocycles. The Labute approximate surface area is 116 Å². The van der Waals surface area contributed by atoms with Crippen molar-refractivity contribution in [1.29, 1.82) is 0 Å². The normalized spacial score (nSPS) is 12.5. The van der Waals surface area contributed by atoms with Crippen LogP contribution in [0.5, 0.6) is 0 Å². The Balaban J connectivity index is 2.28. The lowest BCUT2D eigenvalue weighted by Crippen LogP contribution is -2.16. The van der Waals surface area contributed by atoms with E-state index < -0.39 is 11.9 Å². The summed E-state index contributed by atoms with van der Waals surface area (Å²) in [5.41, 5.74) is 7.45. The highest BCUT2D eigenvalue weighted by Gasteiger charge is 2.16. The molecule has 2 aromatic carbocycles. The molecule has 1 unspecified atom stereocenters. The van der Waals surface area contributed by atoms with Crippen molar-refractivity contribution < 1.29 is 8.78 Å². The number of hydrogen-bond acceptors (Lipinski definition) is 1. The van der Waals surface area contributed by atoms with E-state index in [-0.39, 0.29) is 12.2 Å². The van der Waals surface area contributed by atoms with Crippen molar-refractivity contribution in [2.45, 2.75) is 19.4 Å². The summed E-state index contributed by atoms with van der Waals surface area (Å²) in [5.74, 6) is -0.796. The van der Waals surface area contributed by atoms with Crippen LogP contribution >= 0.6 is 11.6 Å². The van der Waals surface area contributed by atoms with Crippen LogP contribution in [0.1, 0.15) is 22.7 Å². The number of nitrogens with two attached hydrogens (primary N) is 1. The summed E-state index contributed by atoms with van der Waals surface area (Å²) in [4.78, 5) is 0. The predicted octanol–water partition coefficient (Wildman–Crippen LogP) is 4.17. The van der Waals surface area contributed by atoms with Gasteiger partial charge in [0.2, 0.25) is 0 Å². The molecule has 0 fully saturated rings. The van der Waals surface area contributed by atoms with Crippen LogP contribution in [0.2, 0.25) is 5.02 Å². The van der Waals surface area contributed by atoms with Gasteiger partial charge in [0.1, 0.15) is 11.6 Å². The first-order valence-electron chi connectivity index (χ1n) is 5.93. The van der Waals surface area contributed by atoms with Crippen LogP contribution in [-0.4, -0.2) is 0 Å². The van der Waals surface area contributed by atoms with Gasteiger partial charge in [0.25, 0.3) is 0 Å². The molecule has 0 spiro atoms. The van der Waals surface area contributed by atoms with E-state index in [1.807, 2.05) is 0 Å². The molecule has 0 aliphatic heterocycles. The summed E-state index contributed by atoms with van der Waals surface area (Å²) in [6.07, 6.45) is 0.158. The molecule has 0 heterocycles. The van der Waals surface area contributed by atoms with Crippen molar-refractivity contribution in [3.63, 3.8) is 0 Å². The van der Waals surface area contributed by atoms with Crippen LogP contribution in [0.15, 0.2) is 36.4 Å². The van der Waals surface area contributed by atoms with Gasteiger partial charge < -0.3 is 5.73 Å². The molecule has 0 bridgehead atoms. The molecule has 0 saturated carbocycles. The van der Waals surface area contributed by atoms with E-state index in [9.17, 15) is 8.78 Å². The molecule has 4 heteroatoms. The van der Waals surface area contributed by atoms with Crippen LogP contribution < -0.4 is 5.73 Å². The zero-order valence-electron chi connectivity index (χ0n) is 10.5. The molecule has 1 nitrogen and oxygen atoms in total. The van der Waals surface area contributed by atoms with E-state index in [4.69, 9.17) is 17.3 Å². The van der Waals surface area contributed by atoms with E-state index in [0.717, 1.165) is 5.56 Å². The molecule has 0 aliphatic carbocycles. The topological polar surface area (TPSA) is 26.0 Å². The van der Waals surface area contributed by atoms with Gasteiger partial charge in [-0.05, 0) is 37.1 Å². The Kier molecular flexibility index (Phi) is 4.17. The molecule has 0 amide bonds. The lowest BCUT2D eigenvalue weighted by atomic mass is 9.98. The molecule has 0 aliphatic rings. The Morgan fingerprint density at radius 2 is 1.89 bits per heavy atom. The third-order valence-corrected chi connectivity index (χ3v) is 3.40. The maximum Gasteiger partial charge on any atom is 0.128 e. The van der Waals surface area contributed by atoms with Gasteiger partial charge in [-0.3, -0.25) is 0 Å². The summed E-state index contributed by atoms with van der Waals surface area (Å²) in [6, 6.07) is 8.63. The molecule has 2 N–H and O–H groups in total. The van der Waals surface area contributed by atoms with Crippen molar-refractivity contribution in [2.75, 3.05) is 0 Å². The van der Waals surface area contributed by atoms with Crippen molar-refractivity contribution in [3.05, 3.63) is 69.7 Å². The van der Waals surface area contributed by atoms with Crippen LogP contribution in [0.25, 0.3) is 0 Å². The van der Waals surface area contributed by atoms with Crippen molar-refractivity contribution >= 4 is 11.6 Å². The fraction of sp³-hybridized carbons (Fsp3) is 0.200. The summed E-state index contributed by atoms with van der Waals surface area (Å²) >= 11 is 5.94. The minimum atomic E-state index is -0.630. The highest BCUT2D eigenvalue weighted by molar-refractivity contribution is 6.31. The first-order chi connectivity index (χ1) is 8.99. The van der Waals surface area contributed by atoms with Gasteiger partial charge in [-0.1, -0.05) is 29.8 Å². The number of halogens is 3. The van der Waals surface area contributed by atoms with Gasteiger partial charge in [0, 0.05) is 22.2 Å². The fourth-order valence-electron chi connectivity index (χ4n) is 1.99. The molecule has 0 radical (unpaired) electrons. The molecule has 1 atom stereocenters. The quantitative estimate of drug-likeness (QED) is 0.898. The molecule has 19 heavy (non-hydrogen) atoms. The fourth-order valence-corrected chi connectivity index (χ4v) is 2.23. The summed E-state index contributed by atoms with van der Waals surface area (Å²) in [6.45, 7) is 1.80. The molecule has 0 aromatic heterocycles. The monoisotopic (exact) mass is 281 g/mol. The number of hydrogen-bond donors (Lipinski definition) is 1. The number of aryl methyl sites for hydroxylation is 1. The zero-order valence-corrected chi connectivity index (χ0v) is 11.2. The first-order valence-corrected chi connectivity index (χ1v) is 6.31. The second kappa shape index (κ2) is 5.68. The third kappa shape index (κ3) is 3.11. The molecular weight excluding hydrogens is 268 g/mol. The van der Waals surface area contributed by atoms with E-state index in [0.29, 0.717) is 16.1 Å². The average Bonchev–Trinajstić information content (AvgIpc) is 2.33. The van der Waals surface area contributed by atoms with Gasteiger partial charge in [-0.2, -0.15) is 0 Å². The number of rotatable bonds is 3. The van der Waals surface area contributed by atoms with Gasteiger partial charge >= 0.3 is 0 Å². The maximum absolute atomic E-state index is 13.8. The van der Waals surface area contributed by atoms with Crippen molar-refractivity contribution in [2.24, 2.45) is 5.73 Å². The van der Waals surface area contributed by atoms with Crippen LogP contribution in [0.4, 0.5) is 8.78 Å². The Morgan fingerprint density at radius 1 is 1.16 bits per heavy atom. The Morgan fingerprint density at radius 3 is 2.53 bits per heavy atom. The minimum absolute atomic E-state index is 0.158. The predicted molar refractivity (Wildman–Crippen MR) is 73.2 cm³/mol. The van der Waals surface area contributed by atoms with Crippen molar-refractivity contribution in [3.8, 4) is 0 Å².